The van der Waals surface area contributed by atoms with Crippen molar-refractivity contribution in [1.29, 1.82) is 0 Å². The minimum atomic E-state index is -0.740. The average Bonchev–Trinajstić information content (AvgIpc) is 2.30. The zero-order valence-corrected chi connectivity index (χ0v) is 8.53. The maximum atomic E-state index is 13.3. The lowest BCUT2D eigenvalue weighted by Gasteiger charge is -2.22. The summed E-state index contributed by atoms with van der Waals surface area (Å²) in [6, 6.07) is 1.11. The van der Waals surface area contributed by atoms with Crippen LogP contribution in [0.1, 0.15) is 5.56 Å². The Balaban J connectivity index is 2.41. The number of hydrogen-bond acceptors (Lipinski definition) is 5. The van der Waals surface area contributed by atoms with Crippen LogP contribution in [-0.4, -0.2) is 24.9 Å². The van der Waals surface area contributed by atoms with Crippen molar-refractivity contribution in [1.82, 2.24) is 0 Å². The van der Waals surface area contributed by atoms with Crippen molar-refractivity contribution < 1.29 is 23.8 Å². The van der Waals surface area contributed by atoms with Crippen LogP contribution in [0.2, 0.25) is 0 Å². The van der Waals surface area contributed by atoms with E-state index in [9.17, 15) is 9.50 Å². The summed E-state index contributed by atoms with van der Waals surface area (Å²) in [4.78, 5) is 4.40. The van der Waals surface area contributed by atoms with Crippen LogP contribution in [0.4, 0.5) is 4.39 Å². The van der Waals surface area contributed by atoms with Crippen LogP contribution in [0.3, 0.4) is 0 Å². The normalized spacial score (nSPS) is 13.9. The number of nitrogens with two attached hydrogens (primary N) is 1. The Hall–Kier alpha value is -1.53. The van der Waals surface area contributed by atoms with Gasteiger partial charge < -0.3 is 19.4 Å². The van der Waals surface area contributed by atoms with Crippen molar-refractivity contribution in [2.45, 2.75) is 6.42 Å². The molecule has 1 aromatic carbocycles. The zero-order chi connectivity index (χ0) is 11.5. The van der Waals surface area contributed by atoms with Gasteiger partial charge in [0.05, 0.1) is 6.61 Å². The Morgan fingerprint density at radius 3 is 2.94 bits per heavy atom. The summed E-state index contributed by atoms with van der Waals surface area (Å²) < 4.78 is 23.9. The van der Waals surface area contributed by atoms with E-state index in [4.69, 9.17) is 15.4 Å². The highest BCUT2D eigenvalue weighted by molar-refractivity contribution is 5.54. The van der Waals surface area contributed by atoms with Crippen molar-refractivity contribution in [3.05, 3.63) is 17.4 Å². The summed E-state index contributed by atoms with van der Waals surface area (Å²) >= 11 is 0. The summed E-state index contributed by atoms with van der Waals surface area (Å²) in [6.07, 6.45) is 0.256. The lowest BCUT2D eigenvalue weighted by Crippen LogP contribution is -2.17. The molecular weight excluding hydrogens is 217 g/mol. The van der Waals surface area contributed by atoms with Crippen LogP contribution in [0.25, 0.3) is 0 Å². The summed E-state index contributed by atoms with van der Waals surface area (Å²) in [5.41, 5.74) is 0.320. The topological polar surface area (TPSA) is 73.9 Å². The highest BCUT2D eigenvalue weighted by Gasteiger charge is 2.22. The summed E-state index contributed by atoms with van der Waals surface area (Å²) in [6.45, 7) is 0.894. The monoisotopic (exact) mass is 229 g/mol. The summed E-state index contributed by atoms with van der Waals surface area (Å²) in [5.74, 6) is 4.37. The Kier molecular flexibility index (Phi) is 3.12. The maximum absolute atomic E-state index is 13.3. The van der Waals surface area contributed by atoms with Crippen molar-refractivity contribution in [3.63, 3.8) is 0 Å². The summed E-state index contributed by atoms with van der Waals surface area (Å²) in [5, 5.41) is 9.57. The van der Waals surface area contributed by atoms with Crippen LogP contribution in [0.15, 0.2) is 6.07 Å². The molecule has 0 spiro atoms. The van der Waals surface area contributed by atoms with Gasteiger partial charge in [-0.3, -0.25) is 0 Å². The van der Waals surface area contributed by atoms with Gasteiger partial charge in [-0.25, -0.2) is 10.3 Å². The molecule has 0 radical (unpaired) electrons. The molecule has 1 aromatic rings. The predicted molar refractivity (Wildman–Crippen MR) is 52.9 cm³/mol. The molecular formula is C10H12FNO4. The van der Waals surface area contributed by atoms with Gasteiger partial charge in [-0.05, 0) is 0 Å². The minimum Gasteiger partial charge on any atom is -0.505 e. The van der Waals surface area contributed by atoms with Gasteiger partial charge in [0, 0.05) is 18.1 Å². The van der Waals surface area contributed by atoms with Crippen LogP contribution >= 0.6 is 0 Å². The first-order valence-corrected chi connectivity index (χ1v) is 4.85. The van der Waals surface area contributed by atoms with Gasteiger partial charge in [-0.2, -0.15) is 0 Å². The predicted octanol–water partition coefficient (Wildman–Crippen LogP) is 0.735. The van der Waals surface area contributed by atoms with Gasteiger partial charge in [0.25, 0.3) is 0 Å². The van der Waals surface area contributed by atoms with Crippen LogP contribution < -0.4 is 15.4 Å². The van der Waals surface area contributed by atoms with E-state index >= 15 is 0 Å². The van der Waals surface area contributed by atoms with Crippen molar-refractivity contribution in [2.24, 2.45) is 5.90 Å². The lowest BCUT2D eigenvalue weighted by atomic mass is 10.1. The smallest absolute Gasteiger partial charge is 0.169 e. The van der Waals surface area contributed by atoms with Crippen molar-refractivity contribution >= 4 is 0 Å². The third kappa shape index (κ3) is 1.89. The minimum absolute atomic E-state index is 0.160. The van der Waals surface area contributed by atoms with Gasteiger partial charge in [0.1, 0.15) is 13.2 Å². The number of phenolic OH excluding ortho intramolecular Hbond substituents is 1. The fraction of sp³-hybridized carbons (Fsp3) is 0.400. The number of aromatic hydroxyl groups is 1. The molecule has 88 valence electrons. The first-order chi connectivity index (χ1) is 7.74. The third-order valence-corrected chi connectivity index (χ3v) is 2.32. The molecule has 1 aliphatic heterocycles. The number of rotatable bonds is 3. The molecule has 0 bridgehead atoms. The first kappa shape index (κ1) is 11.0. The molecule has 3 N–H and O–H groups in total. The maximum Gasteiger partial charge on any atom is 0.169 e. The van der Waals surface area contributed by atoms with Gasteiger partial charge in [0.15, 0.2) is 23.1 Å². The zero-order valence-electron chi connectivity index (χ0n) is 8.53. The second kappa shape index (κ2) is 4.54. The molecule has 0 saturated heterocycles. The van der Waals surface area contributed by atoms with Gasteiger partial charge >= 0.3 is 0 Å². The molecule has 1 heterocycles. The molecule has 5 nitrogen and oxygen atoms in total. The molecule has 2 rings (SSSR count). The lowest BCUT2D eigenvalue weighted by molar-refractivity contribution is 0.136. The molecule has 0 amide bonds. The number of fused-ring (bicyclic) bond motifs is 1. The Labute approximate surface area is 91.5 Å². The summed E-state index contributed by atoms with van der Waals surface area (Å²) in [7, 11) is 0. The largest absolute Gasteiger partial charge is 0.505 e. The number of hydrogen-bond donors (Lipinski definition) is 2. The molecule has 0 unspecified atom stereocenters. The standard InChI is InChI=1S/C10H12FNO4/c11-7-5-8-10(15-4-3-14-8)6(9(7)13)1-2-16-12/h5,13H,1-4,12H2. The Morgan fingerprint density at radius 1 is 1.44 bits per heavy atom. The molecule has 0 aliphatic carbocycles. The molecule has 0 saturated carbocycles. The Bertz CT molecular complexity index is 397. The fourth-order valence-corrected chi connectivity index (χ4v) is 1.60. The fourth-order valence-electron chi connectivity index (χ4n) is 1.60. The van der Waals surface area contributed by atoms with Crippen molar-refractivity contribution in [2.75, 3.05) is 19.8 Å². The molecule has 0 fully saturated rings. The van der Waals surface area contributed by atoms with E-state index < -0.39 is 11.6 Å². The molecule has 0 aromatic heterocycles. The third-order valence-electron chi connectivity index (χ3n) is 2.32. The van der Waals surface area contributed by atoms with Crippen LogP contribution in [0.5, 0.6) is 17.2 Å². The second-order valence-corrected chi connectivity index (χ2v) is 3.33. The molecule has 6 heteroatoms. The van der Waals surface area contributed by atoms with E-state index in [-0.39, 0.29) is 13.0 Å². The van der Waals surface area contributed by atoms with E-state index in [1.54, 1.807) is 0 Å². The van der Waals surface area contributed by atoms with E-state index in [0.717, 1.165) is 6.07 Å². The molecule has 0 atom stereocenters. The second-order valence-electron chi connectivity index (χ2n) is 3.33. The average molecular weight is 229 g/mol. The van der Waals surface area contributed by atoms with E-state index in [2.05, 4.69) is 4.84 Å². The number of ether oxygens (including phenoxy) is 2. The van der Waals surface area contributed by atoms with Gasteiger partial charge in [0.2, 0.25) is 0 Å². The SMILES string of the molecule is NOCCc1c(O)c(F)cc2c1OCCO2. The van der Waals surface area contributed by atoms with Gasteiger partial charge in [-0.1, -0.05) is 0 Å². The van der Waals surface area contributed by atoms with Crippen molar-refractivity contribution in [3.8, 4) is 17.2 Å². The Morgan fingerprint density at radius 2 is 2.19 bits per heavy atom. The van der Waals surface area contributed by atoms with E-state index in [1.165, 1.54) is 0 Å². The quantitative estimate of drug-likeness (QED) is 0.747. The van der Waals surface area contributed by atoms with Crippen LogP contribution in [-0.2, 0) is 11.3 Å². The highest BCUT2D eigenvalue weighted by atomic mass is 19.1. The molecule has 1 aliphatic rings. The number of halogens is 1. The van der Waals surface area contributed by atoms with E-state index in [1.807, 2.05) is 0 Å². The van der Waals surface area contributed by atoms with Crippen LogP contribution in [0, 0.1) is 5.82 Å². The highest BCUT2D eigenvalue weighted by Crippen LogP contribution is 2.40. The molecule has 16 heavy (non-hydrogen) atoms. The van der Waals surface area contributed by atoms with E-state index in [0.29, 0.717) is 30.3 Å². The number of phenols is 1. The number of benzene rings is 1. The van der Waals surface area contributed by atoms with Gasteiger partial charge in [-0.15, -0.1) is 0 Å². The first-order valence-electron chi connectivity index (χ1n) is 4.85.